The largest absolute Gasteiger partial charge is 0.459 e. The summed E-state index contributed by atoms with van der Waals surface area (Å²) in [5.74, 6) is 0.649. The molecule has 1 saturated heterocycles. The Kier molecular flexibility index (Phi) is 4.95. The van der Waals surface area contributed by atoms with Crippen molar-refractivity contribution in [3.05, 3.63) is 47.7 Å². The average Bonchev–Trinajstić information content (AvgIpc) is 3.31. The first-order chi connectivity index (χ1) is 13.3. The highest BCUT2D eigenvalue weighted by molar-refractivity contribution is 7.91. The second-order valence-corrected chi connectivity index (χ2v) is 9.03. The van der Waals surface area contributed by atoms with Crippen LogP contribution in [0.5, 0.6) is 0 Å². The van der Waals surface area contributed by atoms with E-state index in [4.69, 9.17) is 25.2 Å². The van der Waals surface area contributed by atoms with Crippen molar-refractivity contribution in [2.75, 3.05) is 18.0 Å². The van der Waals surface area contributed by atoms with E-state index in [0.29, 0.717) is 23.9 Å². The minimum absolute atomic E-state index is 0.0769. The van der Waals surface area contributed by atoms with Crippen LogP contribution in [0.4, 0.5) is 5.88 Å². The summed E-state index contributed by atoms with van der Waals surface area (Å²) in [6.45, 7) is 4.83. The normalized spacial score (nSPS) is 20.5. The van der Waals surface area contributed by atoms with Crippen LogP contribution in [0.1, 0.15) is 13.8 Å². The van der Waals surface area contributed by atoms with Crippen LogP contribution >= 0.6 is 11.6 Å². The molecule has 9 heteroatoms. The Morgan fingerprint density at radius 2 is 1.79 bits per heavy atom. The molecule has 0 unspecified atom stereocenters. The Labute approximate surface area is 167 Å². The number of nitrogens with zero attached hydrogens (tertiary/aromatic N) is 2. The first-order valence-corrected chi connectivity index (χ1v) is 10.7. The van der Waals surface area contributed by atoms with E-state index in [1.165, 1.54) is 30.5 Å². The van der Waals surface area contributed by atoms with E-state index < -0.39 is 9.84 Å². The number of benzene rings is 1. The van der Waals surface area contributed by atoms with Crippen LogP contribution in [0.15, 0.2) is 61.4 Å². The summed E-state index contributed by atoms with van der Waals surface area (Å²) in [7, 11) is -3.93. The van der Waals surface area contributed by atoms with E-state index >= 15 is 0 Å². The van der Waals surface area contributed by atoms with Gasteiger partial charge in [-0.2, -0.15) is 4.98 Å². The summed E-state index contributed by atoms with van der Waals surface area (Å²) >= 11 is 5.90. The number of sulfone groups is 1. The van der Waals surface area contributed by atoms with Gasteiger partial charge in [-0.25, -0.2) is 8.42 Å². The van der Waals surface area contributed by atoms with Gasteiger partial charge >= 0.3 is 0 Å². The standard InChI is InChI=1S/C19H19ClN2O5S/c1-12-10-22(11-13(2)26-12)19-18(21-17(27-19)16-4-3-9-25-16)28(23,24)15-7-5-14(20)6-8-15/h3-9,12-13H,10-11H2,1-2H3/t12-,13-/m1/s1. The molecule has 148 valence electrons. The fourth-order valence-corrected chi connectivity index (χ4v) is 4.70. The van der Waals surface area contributed by atoms with Crippen LogP contribution < -0.4 is 4.90 Å². The number of hydrogen-bond donors (Lipinski definition) is 0. The molecule has 4 rings (SSSR count). The quantitative estimate of drug-likeness (QED) is 0.627. The number of rotatable bonds is 4. The zero-order valence-corrected chi connectivity index (χ0v) is 16.9. The van der Waals surface area contributed by atoms with Crippen LogP contribution in [-0.4, -0.2) is 38.7 Å². The van der Waals surface area contributed by atoms with Crippen LogP contribution in [0.25, 0.3) is 11.7 Å². The van der Waals surface area contributed by atoms with Gasteiger partial charge in [0.1, 0.15) is 0 Å². The zero-order chi connectivity index (χ0) is 19.9. The van der Waals surface area contributed by atoms with Crippen LogP contribution in [0.3, 0.4) is 0 Å². The number of morpholine rings is 1. The highest BCUT2D eigenvalue weighted by Crippen LogP contribution is 2.36. The van der Waals surface area contributed by atoms with Crippen molar-refractivity contribution in [1.82, 2.24) is 4.98 Å². The number of anilines is 1. The van der Waals surface area contributed by atoms with Crippen molar-refractivity contribution >= 4 is 27.3 Å². The Bertz CT molecular complexity index is 1050. The van der Waals surface area contributed by atoms with Crippen molar-refractivity contribution in [2.45, 2.75) is 36.0 Å². The predicted molar refractivity (Wildman–Crippen MR) is 103 cm³/mol. The predicted octanol–water partition coefficient (Wildman–Crippen LogP) is 4.03. The van der Waals surface area contributed by atoms with Gasteiger partial charge in [0.25, 0.3) is 5.89 Å². The minimum Gasteiger partial charge on any atom is -0.459 e. The summed E-state index contributed by atoms with van der Waals surface area (Å²) < 4.78 is 43.6. The molecule has 0 radical (unpaired) electrons. The molecule has 3 heterocycles. The van der Waals surface area contributed by atoms with E-state index in [0.717, 1.165) is 0 Å². The Hall–Kier alpha value is -2.29. The number of furan rings is 1. The minimum atomic E-state index is -3.93. The van der Waals surface area contributed by atoms with Crippen molar-refractivity contribution in [2.24, 2.45) is 0 Å². The molecule has 1 aromatic carbocycles. The SMILES string of the molecule is C[C@@H]1CN(c2oc(-c3ccco3)nc2S(=O)(=O)c2ccc(Cl)cc2)C[C@@H](C)O1. The van der Waals surface area contributed by atoms with Crippen LogP contribution in [0, 0.1) is 0 Å². The van der Waals surface area contributed by atoms with E-state index in [9.17, 15) is 8.42 Å². The molecule has 2 aromatic heterocycles. The summed E-state index contributed by atoms with van der Waals surface area (Å²) in [5.41, 5.74) is 0. The van der Waals surface area contributed by atoms with E-state index in [2.05, 4.69) is 4.98 Å². The maximum atomic E-state index is 13.3. The number of ether oxygens (including phenoxy) is 1. The van der Waals surface area contributed by atoms with Crippen molar-refractivity contribution in [1.29, 1.82) is 0 Å². The van der Waals surface area contributed by atoms with E-state index in [1.54, 1.807) is 12.1 Å². The maximum Gasteiger partial charge on any atom is 0.266 e. The van der Waals surface area contributed by atoms with Crippen molar-refractivity contribution < 1.29 is 22.0 Å². The number of aromatic nitrogens is 1. The molecule has 1 aliphatic rings. The highest BCUT2D eigenvalue weighted by atomic mass is 35.5. The smallest absolute Gasteiger partial charge is 0.266 e. The first kappa shape index (κ1) is 19.0. The fraction of sp³-hybridized carbons (Fsp3) is 0.316. The summed E-state index contributed by atoms with van der Waals surface area (Å²) in [6.07, 6.45) is 1.32. The molecular weight excluding hydrogens is 404 g/mol. The fourth-order valence-electron chi connectivity index (χ4n) is 3.25. The molecule has 0 spiro atoms. The third kappa shape index (κ3) is 3.55. The second kappa shape index (κ2) is 7.27. The van der Waals surface area contributed by atoms with Gasteiger partial charge < -0.3 is 18.5 Å². The summed E-state index contributed by atoms with van der Waals surface area (Å²) in [5, 5.41) is 0.300. The molecule has 1 aliphatic heterocycles. The summed E-state index contributed by atoms with van der Waals surface area (Å²) in [4.78, 5) is 6.22. The Balaban J connectivity index is 1.84. The number of hydrogen-bond acceptors (Lipinski definition) is 7. The zero-order valence-electron chi connectivity index (χ0n) is 15.3. The molecular formula is C19H19ClN2O5S. The van der Waals surface area contributed by atoms with Crippen LogP contribution in [0.2, 0.25) is 5.02 Å². The van der Waals surface area contributed by atoms with Gasteiger partial charge in [-0.05, 0) is 50.2 Å². The van der Waals surface area contributed by atoms with Crippen LogP contribution in [-0.2, 0) is 14.6 Å². The number of halogens is 1. The van der Waals surface area contributed by atoms with Gasteiger partial charge in [-0.3, -0.25) is 0 Å². The third-order valence-electron chi connectivity index (χ3n) is 4.40. The van der Waals surface area contributed by atoms with E-state index in [1.807, 2.05) is 18.7 Å². The molecule has 3 aromatic rings. The van der Waals surface area contributed by atoms with Gasteiger partial charge in [0.05, 0.1) is 23.4 Å². The molecule has 0 aliphatic carbocycles. The highest BCUT2D eigenvalue weighted by Gasteiger charge is 2.34. The monoisotopic (exact) mass is 422 g/mol. The van der Waals surface area contributed by atoms with Crippen molar-refractivity contribution in [3.8, 4) is 11.7 Å². The lowest BCUT2D eigenvalue weighted by Crippen LogP contribution is -2.45. The van der Waals surface area contributed by atoms with Gasteiger partial charge in [-0.15, -0.1) is 0 Å². The molecule has 0 amide bonds. The third-order valence-corrected chi connectivity index (χ3v) is 6.32. The molecule has 2 atom stereocenters. The summed E-state index contributed by atoms with van der Waals surface area (Å²) in [6, 6.07) is 9.31. The van der Waals surface area contributed by atoms with Crippen molar-refractivity contribution in [3.63, 3.8) is 0 Å². The first-order valence-electron chi connectivity index (χ1n) is 8.80. The molecule has 7 nitrogen and oxygen atoms in total. The Morgan fingerprint density at radius 1 is 1.11 bits per heavy atom. The molecule has 0 saturated carbocycles. The van der Waals surface area contributed by atoms with Gasteiger partial charge in [0.2, 0.25) is 20.7 Å². The lowest BCUT2D eigenvalue weighted by Gasteiger charge is -2.35. The molecule has 28 heavy (non-hydrogen) atoms. The van der Waals surface area contributed by atoms with E-state index in [-0.39, 0.29) is 33.9 Å². The van der Waals surface area contributed by atoms with Gasteiger partial charge in [0.15, 0.2) is 5.76 Å². The molecule has 0 N–H and O–H groups in total. The second-order valence-electron chi connectivity index (χ2n) is 6.73. The van der Waals surface area contributed by atoms with Gasteiger partial charge in [-0.1, -0.05) is 11.6 Å². The van der Waals surface area contributed by atoms with Gasteiger partial charge in [0, 0.05) is 18.1 Å². The lowest BCUT2D eigenvalue weighted by atomic mass is 10.2. The molecule has 0 bridgehead atoms. The average molecular weight is 423 g/mol. The Morgan fingerprint density at radius 3 is 2.39 bits per heavy atom. The number of oxazole rings is 1. The lowest BCUT2D eigenvalue weighted by molar-refractivity contribution is -0.00657. The maximum absolute atomic E-state index is 13.3. The molecule has 1 fully saturated rings. The topological polar surface area (TPSA) is 85.8 Å².